The highest BCUT2D eigenvalue weighted by Gasteiger charge is 2.42. The highest BCUT2D eigenvalue weighted by atomic mass is 32.2. The first-order valence-corrected chi connectivity index (χ1v) is 19.3. The zero-order valence-electron chi connectivity index (χ0n) is 32.6. The summed E-state index contributed by atoms with van der Waals surface area (Å²) < 4.78 is 4.62. The van der Waals surface area contributed by atoms with E-state index in [0.29, 0.717) is 19.3 Å². The first kappa shape index (κ1) is 46.6. The van der Waals surface area contributed by atoms with Gasteiger partial charge in [0.2, 0.25) is 35.4 Å². The Balaban J connectivity index is 2.18. The number of ether oxygens (including phenoxy) is 1. The maximum atomic E-state index is 14.2. The molecule has 6 N–H and O–H groups in total. The molecule has 0 aromatic rings. The van der Waals surface area contributed by atoms with Gasteiger partial charge in [-0.15, -0.1) is 11.8 Å². The van der Waals surface area contributed by atoms with Gasteiger partial charge in [0.15, 0.2) is 6.23 Å². The van der Waals surface area contributed by atoms with E-state index >= 15 is 0 Å². The van der Waals surface area contributed by atoms with Crippen LogP contribution in [0.5, 0.6) is 0 Å². The number of carboxylic acids is 2. The van der Waals surface area contributed by atoms with Gasteiger partial charge in [-0.25, -0.2) is 4.79 Å². The summed E-state index contributed by atoms with van der Waals surface area (Å²) >= 11 is 1.08. The van der Waals surface area contributed by atoms with E-state index in [-0.39, 0.29) is 56.1 Å². The standard InChI is InChI=1S/C36H56N6O12S/c1-20(2)24(16-21(3)31(48)38-22(35(52)53)11-12-29(46)47)40(7)34(51)30(36(4,5)6)39-32(49)23-10-8-9-14-41(23)27(44)13-15-42-28(45)17-25(33(42)50)55-18-26(37)54-19-43/h16,19-20,22-26,30H,8-15,17-18,37H2,1-7H3,(H,38,48)(H,39,49)(H,46,47)(H,52,53)/b21-16+/t22-,23-,24-,25?,26-,30-/m1/s1. The van der Waals surface area contributed by atoms with E-state index in [1.807, 2.05) is 13.8 Å². The Morgan fingerprint density at radius 2 is 1.73 bits per heavy atom. The fraction of sp³-hybridized carbons (Fsp3) is 0.694. The zero-order chi connectivity index (χ0) is 41.8. The average Bonchev–Trinajstić information content (AvgIpc) is 3.38. The quantitative estimate of drug-likeness (QED) is 0.0486. The van der Waals surface area contributed by atoms with Crippen LogP contribution in [0.3, 0.4) is 0 Å². The van der Waals surface area contributed by atoms with Crippen LogP contribution in [0.1, 0.15) is 86.5 Å². The summed E-state index contributed by atoms with van der Waals surface area (Å²) in [6.07, 6.45) is 1.11. The lowest BCUT2D eigenvalue weighted by molar-refractivity contribution is -0.146. The number of likely N-dealkylation sites (N-methyl/N-ethyl adjacent to an activating group) is 1. The number of imide groups is 1. The van der Waals surface area contributed by atoms with E-state index in [4.69, 9.17) is 10.8 Å². The van der Waals surface area contributed by atoms with Gasteiger partial charge in [0.1, 0.15) is 18.1 Å². The molecule has 18 nitrogen and oxygen atoms in total. The summed E-state index contributed by atoms with van der Waals surface area (Å²) in [7, 11) is 1.53. The molecule has 0 bridgehead atoms. The lowest BCUT2D eigenvalue weighted by Gasteiger charge is -2.40. The van der Waals surface area contributed by atoms with Crippen molar-refractivity contribution < 1.29 is 58.1 Å². The van der Waals surface area contributed by atoms with E-state index in [2.05, 4.69) is 15.4 Å². The number of amides is 6. The first-order valence-electron chi connectivity index (χ1n) is 18.2. The largest absolute Gasteiger partial charge is 0.481 e. The van der Waals surface area contributed by atoms with Gasteiger partial charge < -0.3 is 35.4 Å². The summed E-state index contributed by atoms with van der Waals surface area (Å²) in [5.74, 6) is -5.84. The Hall–Kier alpha value is -4.52. The van der Waals surface area contributed by atoms with E-state index in [0.717, 1.165) is 16.7 Å². The van der Waals surface area contributed by atoms with E-state index in [1.165, 1.54) is 29.8 Å². The normalized spacial score (nSPS) is 20.0. The molecule has 2 aliphatic heterocycles. The molecule has 0 spiro atoms. The van der Waals surface area contributed by atoms with Crippen LogP contribution < -0.4 is 16.4 Å². The van der Waals surface area contributed by atoms with Crippen molar-refractivity contribution in [3.8, 4) is 0 Å². The maximum absolute atomic E-state index is 14.2. The monoisotopic (exact) mass is 796 g/mol. The number of aliphatic carboxylic acids is 2. The lowest BCUT2D eigenvalue weighted by atomic mass is 9.84. The minimum atomic E-state index is -1.43. The van der Waals surface area contributed by atoms with Gasteiger partial charge in [-0.2, -0.15) is 0 Å². The maximum Gasteiger partial charge on any atom is 0.326 e. The smallest absolute Gasteiger partial charge is 0.326 e. The van der Waals surface area contributed by atoms with Crippen LogP contribution >= 0.6 is 11.8 Å². The SMILES string of the molecule is C/C(=C\[C@H](C(C)C)N(C)C(=O)[C@@H](NC(=O)[C@H]1CCCCN1C(=O)CCN1C(=O)CC(SC[C@H](N)OC=O)C1=O)C(C)(C)C)C(=O)N[C@H](CCC(=O)O)C(=O)O. The molecule has 0 saturated carbocycles. The lowest BCUT2D eigenvalue weighted by Crippen LogP contribution is -2.60. The van der Waals surface area contributed by atoms with E-state index in [9.17, 15) is 48.3 Å². The van der Waals surface area contributed by atoms with Crippen LogP contribution in [-0.4, -0.2) is 140 Å². The van der Waals surface area contributed by atoms with Crippen molar-refractivity contribution in [3.63, 3.8) is 0 Å². The first-order chi connectivity index (χ1) is 25.6. The second-order valence-corrected chi connectivity index (χ2v) is 16.4. The molecule has 2 rings (SSSR count). The number of hydrogen-bond donors (Lipinski definition) is 5. The summed E-state index contributed by atoms with van der Waals surface area (Å²) in [5, 5.41) is 22.9. The summed E-state index contributed by atoms with van der Waals surface area (Å²) in [5.41, 5.74) is 4.93. The Morgan fingerprint density at radius 3 is 2.29 bits per heavy atom. The number of piperidine rings is 1. The number of nitrogens with zero attached hydrogens (tertiary/aromatic N) is 3. The highest BCUT2D eigenvalue weighted by Crippen LogP contribution is 2.28. The van der Waals surface area contributed by atoms with Crippen molar-refractivity contribution in [2.45, 2.75) is 122 Å². The number of carbonyl (C=O) groups excluding carboxylic acids is 7. The molecule has 2 heterocycles. The molecule has 308 valence electrons. The predicted octanol–water partition coefficient (Wildman–Crippen LogP) is 0.471. The number of nitrogens with one attached hydrogen (secondary N) is 2. The fourth-order valence-corrected chi connectivity index (χ4v) is 7.34. The van der Waals surface area contributed by atoms with Crippen molar-refractivity contribution >= 4 is 65.6 Å². The Morgan fingerprint density at radius 1 is 1.07 bits per heavy atom. The molecule has 1 unspecified atom stereocenters. The number of hydrogen-bond acceptors (Lipinski definition) is 12. The van der Waals surface area contributed by atoms with Crippen LogP contribution in [0.4, 0.5) is 0 Å². The number of rotatable bonds is 20. The summed E-state index contributed by atoms with van der Waals surface area (Å²) in [6.45, 7) is 10.7. The van der Waals surface area contributed by atoms with Crippen LogP contribution in [0.15, 0.2) is 11.6 Å². The average molecular weight is 797 g/mol. The van der Waals surface area contributed by atoms with Crippen molar-refractivity contribution in [3.05, 3.63) is 11.6 Å². The molecule has 19 heteroatoms. The third-order valence-corrected chi connectivity index (χ3v) is 10.8. The number of carboxylic acid groups (broad SMARTS) is 2. The minimum absolute atomic E-state index is 0.0864. The molecule has 0 aromatic heterocycles. The molecule has 6 atom stereocenters. The molecular formula is C36H56N6O12S. The molecule has 0 aromatic carbocycles. The van der Waals surface area contributed by atoms with E-state index in [1.54, 1.807) is 20.8 Å². The molecule has 2 aliphatic rings. The number of nitrogens with two attached hydrogens (primary N) is 1. The van der Waals surface area contributed by atoms with Gasteiger partial charge in [-0.05, 0) is 43.9 Å². The molecule has 0 aliphatic carbocycles. The van der Waals surface area contributed by atoms with Crippen molar-refractivity contribution in [2.75, 3.05) is 25.9 Å². The van der Waals surface area contributed by atoms with Crippen molar-refractivity contribution in [1.82, 2.24) is 25.3 Å². The molecule has 2 fully saturated rings. The molecule has 0 radical (unpaired) electrons. The van der Waals surface area contributed by atoms with Crippen LogP contribution in [0.2, 0.25) is 0 Å². The topological polar surface area (TPSA) is 263 Å². The third-order valence-electron chi connectivity index (χ3n) is 9.48. The second-order valence-electron chi connectivity index (χ2n) is 15.2. The Labute approximate surface area is 325 Å². The number of thioether (sulfide) groups is 1. The minimum Gasteiger partial charge on any atom is -0.481 e. The number of carbonyl (C=O) groups is 9. The predicted molar refractivity (Wildman–Crippen MR) is 200 cm³/mol. The van der Waals surface area contributed by atoms with Gasteiger partial charge in [0, 0.05) is 50.7 Å². The molecule has 55 heavy (non-hydrogen) atoms. The second kappa shape index (κ2) is 21.0. The van der Waals surface area contributed by atoms with Gasteiger partial charge >= 0.3 is 11.9 Å². The van der Waals surface area contributed by atoms with Gasteiger partial charge in [-0.1, -0.05) is 40.7 Å². The zero-order valence-corrected chi connectivity index (χ0v) is 33.4. The molecule has 6 amide bonds. The van der Waals surface area contributed by atoms with Crippen LogP contribution in [0.25, 0.3) is 0 Å². The fourth-order valence-electron chi connectivity index (χ4n) is 6.31. The molecule has 2 saturated heterocycles. The number of likely N-dealkylation sites (tertiary alicyclic amines) is 2. The van der Waals surface area contributed by atoms with Crippen LogP contribution in [0, 0.1) is 11.3 Å². The van der Waals surface area contributed by atoms with Crippen molar-refractivity contribution in [1.29, 1.82) is 0 Å². The van der Waals surface area contributed by atoms with Crippen LogP contribution in [-0.2, 0) is 47.9 Å². The Bertz CT molecular complexity index is 1500. The molecular weight excluding hydrogens is 740 g/mol. The highest BCUT2D eigenvalue weighted by molar-refractivity contribution is 8.00. The van der Waals surface area contributed by atoms with Gasteiger partial charge in [0.05, 0.1) is 11.3 Å². The summed E-state index contributed by atoms with van der Waals surface area (Å²) in [4.78, 5) is 117. The van der Waals surface area contributed by atoms with E-state index < -0.39 is 94.9 Å². The Kier molecular flexibility index (Phi) is 17.8. The van der Waals surface area contributed by atoms with Crippen molar-refractivity contribution in [2.24, 2.45) is 17.1 Å². The third kappa shape index (κ3) is 13.6. The van der Waals surface area contributed by atoms with Gasteiger partial charge in [0.25, 0.3) is 6.47 Å². The van der Waals surface area contributed by atoms with Gasteiger partial charge in [-0.3, -0.25) is 49.0 Å². The summed E-state index contributed by atoms with van der Waals surface area (Å²) in [6, 6.07) is -4.09.